The highest BCUT2D eigenvalue weighted by Crippen LogP contribution is 2.39. The lowest BCUT2D eigenvalue weighted by Gasteiger charge is -2.16. The summed E-state index contributed by atoms with van der Waals surface area (Å²) in [4.78, 5) is 43.7. The van der Waals surface area contributed by atoms with Crippen molar-refractivity contribution in [1.29, 1.82) is 0 Å². The van der Waals surface area contributed by atoms with Gasteiger partial charge in [0.1, 0.15) is 0 Å². The van der Waals surface area contributed by atoms with Crippen LogP contribution in [-0.4, -0.2) is 32.4 Å². The first-order valence-corrected chi connectivity index (χ1v) is 6.06. The summed E-state index contributed by atoms with van der Waals surface area (Å²) in [6, 6.07) is 2.65. The topological polar surface area (TPSA) is 143 Å². The zero-order valence-electron chi connectivity index (χ0n) is 8.48. The van der Waals surface area contributed by atoms with Crippen molar-refractivity contribution in [2.24, 2.45) is 5.73 Å². The molecule has 8 nitrogen and oxygen atoms in total. The van der Waals surface area contributed by atoms with E-state index in [1.54, 1.807) is 0 Å². The Labute approximate surface area is 96.0 Å². The summed E-state index contributed by atoms with van der Waals surface area (Å²) in [7, 11) is -4.83. The van der Waals surface area contributed by atoms with E-state index in [0.29, 0.717) is 0 Å². The molecule has 1 rings (SSSR count). The van der Waals surface area contributed by atoms with Gasteiger partial charge in [0.05, 0.1) is 0 Å². The van der Waals surface area contributed by atoms with Gasteiger partial charge in [-0.15, -0.1) is 0 Å². The molecule has 0 spiro atoms. The summed E-state index contributed by atoms with van der Waals surface area (Å²) in [5, 5.41) is 1.87. The molecule has 0 saturated heterocycles. The standard InChI is InChI=1S/C8H10N3O5P/c9-6(12)8(17(14,15)16)11-7(13)5-1-3-10-4-2-5/h1-4,8H,(H2,9,12)(H,11,13)(H2,14,15,16). The Morgan fingerprint density at radius 1 is 1.35 bits per heavy atom. The summed E-state index contributed by atoms with van der Waals surface area (Å²) in [6.45, 7) is 0. The normalized spacial score (nSPS) is 12.8. The molecule has 0 radical (unpaired) electrons. The van der Waals surface area contributed by atoms with Crippen molar-refractivity contribution in [3.05, 3.63) is 30.1 Å². The van der Waals surface area contributed by atoms with Crippen LogP contribution in [0, 0.1) is 0 Å². The number of nitrogens with zero attached hydrogens (tertiary/aromatic N) is 1. The van der Waals surface area contributed by atoms with Gasteiger partial charge in [0.15, 0.2) is 0 Å². The lowest BCUT2D eigenvalue weighted by atomic mass is 10.2. The van der Waals surface area contributed by atoms with E-state index >= 15 is 0 Å². The number of nitrogens with one attached hydrogen (secondary N) is 1. The number of pyridine rings is 1. The predicted octanol–water partition coefficient (Wildman–Crippen LogP) is -1.20. The summed E-state index contributed by atoms with van der Waals surface area (Å²) in [6.07, 6.45) is 2.65. The number of primary amides is 1. The van der Waals surface area contributed by atoms with Crippen LogP contribution in [-0.2, 0) is 9.36 Å². The first-order chi connectivity index (χ1) is 7.82. The van der Waals surface area contributed by atoms with Crippen LogP contribution in [0.5, 0.6) is 0 Å². The van der Waals surface area contributed by atoms with Crippen molar-refractivity contribution in [3.8, 4) is 0 Å². The van der Waals surface area contributed by atoms with E-state index in [-0.39, 0.29) is 5.56 Å². The zero-order chi connectivity index (χ0) is 13.1. The molecule has 0 saturated carbocycles. The first-order valence-electron chi connectivity index (χ1n) is 4.38. The third-order valence-corrected chi connectivity index (χ3v) is 2.87. The summed E-state index contributed by atoms with van der Waals surface area (Å²) >= 11 is 0. The number of hydrogen-bond acceptors (Lipinski definition) is 4. The van der Waals surface area contributed by atoms with Gasteiger partial charge in [0.2, 0.25) is 5.78 Å². The minimum atomic E-state index is -4.83. The van der Waals surface area contributed by atoms with Crippen LogP contribution in [0.3, 0.4) is 0 Å². The highest BCUT2D eigenvalue weighted by Gasteiger charge is 2.35. The highest BCUT2D eigenvalue weighted by atomic mass is 31.2. The molecule has 1 aromatic rings. The molecule has 0 bridgehead atoms. The Kier molecular flexibility index (Phi) is 3.95. The van der Waals surface area contributed by atoms with Crippen LogP contribution in [0.25, 0.3) is 0 Å². The molecule has 5 N–H and O–H groups in total. The summed E-state index contributed by atoms with van der Waals surface area (Å²) in [5.41, 5.74) is 4.90. The van der Waals surface area contributed by atoms with E-state index in [1.807, 2.05) is 5.32 Å². The van der Waals surface area contributed by atoms with Gasteiger partial charge in [-0.2, -0.15) is 0 Å². The number of rotatable bonds is 4. The Bertz CT molecular complexity index is 471. The highest BCUT2D eigenvalue weighted by molar-refractivity contribution is 7.53. The molecule has 1 aromatic heterocycles. The van der Waals surface area contributed by atoms with Gasteiger partial charge in [-0.05, 0) is 12.1 Å². The molecule has 92 valence electrons. The largest absolute Gasteiger partial charge is 0.367 e. The second-order valence-corrected chi connectivity index (χ2v) is 4.80. The Hall–Kier alpha value is -1.76. The quantitative estimate of drug-likeness (QED) is 0.500. The SMILES string of the molecule is NC(=O)C(NC(=O)c1ccncc1)P(=O)(O)O. The maximum Gasteiger partial charge on any atom is 0.357 e. The van der Waals surface area contributed by atoms with Crippen molar-refractivity contribution in [3.63, 3.8) is 0 Å². The van der Waals surface area contributed by atoms with Gasteiger partial charge >= 0.3 is 7.60 Å². The second kappa shape index (κ2) is 5.05. The smallest absolute Gasteiger partial charge is 0.357 e. The third-order valence-electron chi connectivity index (χ3n) is 1.82. The molecule has 0 aliphatic heterocycles. The number of carbonyl (C=O) groups excluding carboxylic acids is 2. The molecule has 0 aliphatic carbocycles. The zero-order valence-corrected chi connectivity index (χ0v) is 9.37. The summed E-state index contributed by atoms with van der Waals surface area (Å²) in [5.74, 6) is -4.16. The first kappa shape index (κ1) is 13.3. The molecule has 1 heterocycles. The van der Waals surface area contributed by atoms with Crippen LogP contribution in [0.15, 0.2) is 24.5 Å². The van der Waals surface area contributed by atoms with Crippen LogP contribution >= 0.6 is 7.60 Å². The van der Waals surface area contributed by atoms with Crippen molar-refractivity contribution < 1.29 is 23.9 Å². The number of hydrogen-bond donors (Lipinski definition) is 4. The predicted molar refractivity (Wildman–Crippen MR) is 56.7 cm³/mol. The minimum Gasteiger partial charge on any atom is -0.367 e. The molecule has 9 heteroatoms. The fourth-order valence-corrected chi connectivity index (χ4v) is 1.65. The molecule has 0 fully saturated rings. The average molecular weight is 259 g/mol. The Balaban J connectivity index is 2.87. The van der Waals surface area contributed by atoms with Gasteiger partial charge in [-0.1, -0.05) is 0 Å². The van der Waals surface area contributed by atoms with E-state index in [0.717, 1.165) is 0 Å². The molecule has 1 unspecified atom stereocenters. The average Bonchev–Trinajstić information content (AvgIpc) is 2.24. The molecular formula is C8H10N3O5P. The summed E-state index contributed by atoms with van der Waals surface area (Å²) < 4.78 is 10.9. The van der Waals surface area contributed by atoms with Gasteiger partial charge in [-0.3, -0.25) is 19.1 Å². The second-order valence-electron chi connectivity index (χ2n) is 3.10. The molecule has 0 aliphatic rings. The van der Waals surface area contributed by atoms with Crippen LogP contribution in [0.2, 0.25) is 0 Å². The number of amides is 2. The molecule has 2 amide bonds. The van der Waals surface area contributed by atoms with Gasteiger partial charge in [0.25, 0.3) is 11.8 Å². The van der Waals surface area contributed by atoms with E-state index in [9.17, 15) is 14.2 Å². The van der Waals surface area contributed by atoms with Crippen molar-refractivity contribution in [1.82, 2.24) is 10.3 Å². The maximum atomic E-state index is 11.5. The van der Waals surface area contributed by atoms with E-state index in [1.165, 1.54) is 24.5 Å². The lowest BCUT2D eigenvalue weighted by molar-refractivity contribution is -0.118. The van der Waals surface area contributed by atoms with Gasteiger partial charge in [-0.25, -0.2) is 0 Å². The third kappa shape index (κ3) is 3.63. The van der Waals surface area contributed by atoms with Gasteiger partial charge < -0.3 is 20.8 Å². The number of carbonyl (C=O) groups is 2. The van der Waals surface area contributed by atoms with Crippen molar-refractivity contribution in [2.75, 3.05) is 0 Å². The number of aromatic nitrogens is 1. The van der Waals surface area contributed by atoms with Crippen molar-refractivity contribution in [2.45, 2.75) is 5.78 Å². The fourth-order valence-electron chi connectivity index (χ4n) is 1.03. The molecule has 1 atom stereocenters. The van der Waals surface area contributed by atoms with Crippen LogP contribution in [0.1, 0.15) is 10.4 Å². The maximum absolute atomic E-state index is 11.5. The monoisotopic (exact) mass is 259 g/mol. The Morgan fingerprint density at radius 3 is 2.29 bits per heavy atom. The lowest BCUT2D eigenvalue weighted by Crippen LogP contribution is -2.44. The van der Waals surface area contributed by atoms with E-state index < -0.39 is 25.2 Å². The fraction of sp³-hybridized carbons (Fsp3) is 0.125. The minimum absolute atomic E-state index is 0.111. The Morgan fingerprint density at radius 2 is 1.88 bits per heavy atom. The van der Waals surface area contributed by atoms with Crippen LogP contribution < -0.4 is 11.1 Å². The van der Waals surface area contributed by atoms with Crippen LogP contribution in [0.4, 0.5) is 0 Å². The molecule has 0 aromatic carbocycles. The molecular weight excluding hydrogens is 249 g/mol. The van der Waals surface area contributed by atoms with Gasteiger partial charge in [0, 0.05) is 18.0 Å². The van der Waals surface area contributed by atoms with E-state index in [4.69, 9.17) is 15.5 Å². The van der Waals surface area contributed by atoms with Crippen molar-refractivity contribution >= 4 is 19.4 Å². The van der Waals surface area contributed by atoms with E-state index in [2.05, 4.69) is 4.98 Å². The number of nitrogens with two attached hydrogens (primary N) is 1. The molecule has 17 heavy (non-hydrogen) atoms.